The molecule has 2 aromatic carbocycles. The number of rotatable bonds is 8. The van der Waals surface area contributed by atoms with E-state index in [4.69, 9.17) is 14.0 Å². The molecule has 0 bridgehead atoms. The van der Waals surface area contributed by atoms with Gasteiger partial charge in [0, 0.05) is 21.8 Å². The van der Waals surface area contributed by atoms with Crippen molar-refractivity contribution >= 4 is 39.1 Å². The fourth-order valence-corrected chi connectivity index (χ4v) is 3.49. The molecule has 0 saturated carbocycles. The lowest BCUT2D eigenvalue weighted by Gasteiger charge is -2.05. The van der Waals surface area contributed by atoms with Gasteiger partial charge in [0.1, 0.15) is 18.0 Å². The van der Waals surface area contributed by atoms with Crippen LogP contribution in [-0.2, 0) is 22.6 Å². The van der Waals surface area contributed by atoms with E-state index in [1.54, 1.807) is 12.3 Å². The monoisotopic (exact) mass is 443 g/mol. The van der Waals surface area contributed by atoms with Crippen LogP contribution in [0, 0.1) is 0 Å². The average Bonchev–Trinajstić information content (AvgIpc) is 3.06. The van der Waals surface area contributed by atoms with E-state index in [0.29, 0.717) is 10.0 Å². The van der Waals surface area contributed by atoms with Gasteiger partial charge in [-0.3, -0.25) is 0 Å². The maximum atomic E-state index is 11.6. The van der Waals surface area contributed by atoms with Crippen LogP contribution in [0.15, 0.2) is 56.5 Å². The van der Waals surface area contributed by atoms with Crippen molar-refractivity contribution in [2.24, 2.45) is 5.16 Å². The Morgan fingerprint density at radius 2 is 2.07 bits per heavy atom. The Balaban J connectivity index is 1.71. The average molecular weight is 444 g/mol. The van der Waals surface area contributed by atoms with Gasteiger partial charge in [-0.25, -0.2) is 4.79 Å². The summed E-state index contributed by atoms with van der Waals surface area (Å²) in [6.45, 7) is 2.44. The number of ether oxygens (including phenoxy) is 1. The maximum Gasteiger partial charge on any atom is 0.339 e. The predicted octanol–water partition coefficient (Wildman–Crippen LogP) is 5.88. The van der Waals surface area contributed by atoms with Gasteiger partial charge >= 0.3 is 5.97 Å². The summed E-state index contributed by atoms with van der Waals surface area (Å²) in [5.74, 6) is 0.546. The van der Waals surface area contributed by atoms with Crippen molar-refractivity contribution in [1.82, 2.24) is 0 Å². The molecule has 0 aliphatic rings. The van der Waals surface area contributed by atoms with Crippen LogP contribution in [0.5, 0.6) is 0 Å². The van der Waals surface area contributed by atoms with Crippen LogP contribution in [0.3, 0.4) is 0 Å². The second kappa shape index (κ2) is 9.55. The molecule has 146 valence electrons. The number of halogens is 1. The Kier molecular flexibility index (Phi) is 6.87. The molecule has 0 fully saturated rings. The van der Waals surface area contributed by atoms with Crippen molar-refractivity contribution in [2.75, 3.05) is 7.11 Å². The summed E-state index contributed by atoms with van der Waals surface area (Å²) in [7, 11) is 1.36. The number of hydrogen-bond donors (Lipinski definition) is 0. The Morgan fingerprint density at radius 1 is 1.25 bits per heavy atom. The summed E-state index contributed by atoms with van der Waals surface area (Å²) in [6.07, 6.45) is 4.74. The fraction of sp³-hybridized carbons (Fsp3) is 0.273. The number of methoxy groups -OCH3 is 1. The number of nitrogens with zero attached hydrogens (tertiary/aromatic N) is 1. The number of carbonyl (C=O) groups is 1. The van der Waals surface area contributed by atoms with E-state index in [9.17, 15) is 4.79 Å². The molecule has 0 unspecified atom stereocenters. The molecule has 0 atom stereocenters. The number of carbonyl (C=O) groups excluding carboxylic acids is 1. The number of esters is 1. The first-order valence-electron chi connectivity index (χ1n) is 9.16. The molecule has 0 aliphatic carbocycles. The molecule has 0 aliphatic heterocycles. The van der Waals surface area contributed by atoms with Crippen LogP contribution in [0.1, 0.15) is 47.0 Å². The number of hydrogen-bond acceptors (Lipinski definition) is 5. The first-order valence-corrected chi connectivity index (χ1v) is 9.95. The van der Waals surface area contributed by atoms with Crippen LogP contribution in [0.25, 0.3) is 11.0 Å². The summed E-state index contributed by atoms with van der Waals surface area (Å²) in [5, 5.41) is 5.17. The van der Waals surface area contributed by atoms with Gasteiger partial charge in [-0.15, -0.1) is 0 Å². The van der Waals surface area contributed by atoms with Gasteiger partial charge in [0.2, 0.25) is 0 Å². The van der Waals surface area contributed by atoms with Crippen molar-refractivity contribution in [3.63, 3.8) is 0 Å². The highest BCUT2D eigenvalue weighted by Crippen LogP contribution is 2.26. The van der Waals surface area contributed by atoms with Gasteiger partial charge in [-0.05, 0) is 46.1 Å². The third-order valence-electron chi connectivity index (χ3n) is 4.39. The molecule has 3 rings (SSSR count). The lowest BCUT2D eigenvalue weighted by molar-refractivity contribution is 0.0599. The molecule has 28 heavy (non-hydrogen) atoms. The molecule has 0 spiro atoms. The van der Waals surface area contributed by atoms with Gasteiger partial charge in [0.15, 0.2) is 0 Å². The SMILES string of the molecule is CCCCc1oc2ccccc2c1/C=N\OCc1ccc(C(=O)OC)c(Br)c1. The van der Waals surface area contributed by atoms with E-state index < -0.39 is 0 Å². The smallest absolute Gasteiger partial charge is 0.339 e. The van der Waals surface area contributed by atoms with Gasteiger partial charge in [0.25, 0.3) is 0 Å². The predicted molar refractivity (Wildman–Crippen MR) is 113 cm³/mol. The molecule has 3 aromatic rings. The zero-order valence-corrected chi connectivity index (χ0v) is 17.5. The van der Waals surface area contributed by atoms with Crippen LogP contribution in [0.4, 0.5) is 0 Å². The summed E-state index contributed by atoms with van der Waals surface area (Å²) < 4.78 is 11.4. The van der Waals surface area contributed by atoms with Crippen molar-refractivity contribution in [1.29, 1.82) is 0 Å². The number of furan rings is 1. The van der Waals surface area contributed by atoms with Crippen LogP contribution < -0.4 is 0 Å². The van der Waals surface area contributed by atoms with Gasteiger partial charge in [-0.2, -0.15) is 0 Å². The molecular formula is C22H22BrNO4. The number of unbranched alkanes of at least 4 members (excludes halogenated alkanes) is 1. The molecule has 6 heteroatoms. The first kappa shape index (κ1) is 20.1. The van der Waals surface area contributed by atoms with Crippen LogP contribution in [-0.4, -0.2) is 19.3 Å². The highest BCUT2D eigenvalue weighted by molar-refractivity contribution is 9.10. The van der Waals surface area contributed by atoms with E-state index in [2.05, 4.69) is 28.0 Å². The number of benzene rings is 2. The second-order valence-electron chi connectivity index (χ2n) is 6.35. The Labute approximate surface area is 172 Å². The standard InChI is InChI=1S/C22H22BrNO4/c1-3-4-8-21-18(16-7-5-6-9-20(16)28-21)13-24-27-14-15-10-11-17(19(23)12-15)22(25)26-2/h5-7,9-13H,3-4,8,14H2,1-2H3/b24-13-. The first-order chi connectivity index (χ1) is 13.6. The molecule has 5 nitrogen and oxygen atoms in total. The van der Waals surface area contributed by atoms with Gasteiger partial charge in [0.05, 0.1) is 18.9 Å². The molecule has 0 N–H and O–H groups in total. The lowest BCUT2D eigenvalue weighted by Crippen LogP contribution is -2.02. The minimum atomic E-state index is -0.385. The van der Waals surface area contributed by atoms with Crippen molar-refractivity contribution in [3.05, 3.63) is 69.4 Å². The second-order valence-corrected chi connectivity index (χ2v) is 7.21. The zero-order chi connectivity index (χ0) is 19.9. The lowest BCUT2D eigenvalue weighted by atomic mass is 10.1. The highest BCUT2D eigenvalue weighted by atomic mass is 79.9. The van der Waals surface area contributed by atoms with Crippen molar-refractivity contribution < 1.29 is 18.8 Å². The van der Waals surface area contributed by atoms with E-state index in [-0.39, 0.29) is 12.6 Å². The fourth-order valence-electron chi connectivity index (χ4n) is 2.91. The molecular weight excluding hydrogens is 422 g/mol. The Bertz CT molecular complexity index is 993. The minimum Gasteiger partial charge on any atom is -0.465 e. The molecule has 0 amide bonds. The number of oxime groups is 1. The van der Waals surface area contributed by atoms with E-state index >= 15 is 0 Å². The maximum absolute atomic E-state index is 11.6. The third kappa shape index (κ3) is 4.62. The van der Waals surface area contributed by atoms with Crippen LogP contribution in [0.2, 0.25) is 0 Å². The number of para-hydroxylation sites is 1. The Morgan fingerprint density at radius 3 is 2.82 bits per heavy atom. The Hall–Kier alpha value is -2.60. The quantitative estimate of drug-likeness (QED) is 0.248. The summed E-state index contributed by atoms with van der Waals surface area (Å²) in [4.78, 5) is 17.1. The topological polar surface area (TPSA) is 61.0 Å². The zero-order valence-electron chi connectivity index (χ0n) is 15.9. The van der Waals surface area contributed by atoms with E-state index in [1.807, 2.05) is 36.4 Å². The number of aryl methyl sites for hydroxylation is 1. The molecule has 1 aromatic heterocycles. The summed E-state index contributed by atoms with van der Waals surface area (Å²) in [5.41, 5.74) is 3.18. The van der Waals surface area contributed by atoms with Crippen LogP contribution >= 0.6 is 15.9 Å². The number of fused-ring (bicyclic) bond motifs is 1. The van der Waals surface area contributed by atoms with Crippen molar-refractivity contribution in [3.8, 4) is 0 Å². The van der Waals surface area contributed by atoms with E-state index in [1.165, 1.54) is 7.11 Å². The summed E-state index contributed by atoms with van der Waals surface area (Å²) in [6, 6.07) is 13.3. The molecule has 1 heterocycles. The molecule has 0 saturated heterocycles. The van der Waals surface area contributed by atoms with Gasteiger partial charge < -0.3 is 14.0 Å². The normalized spacial score (nSPS) is 11.2. The van der Waals surface area contributed by atoms with Crippen molar-refractivity contribution in [2.45, 2.75) is 32.8 Å². The minimum absolute atomic E-state index is 0.288. The largest absolute Gasteiger partial charge is 0.465 e. The summed E-state index contributed by atoms with van der Waals surface area (Å²) >= 11 is 3.38. The van der Waals surface area contributed by atoms with E-state index in [0.717, 1.165) is 47.1 Å². The highest BCUT2D eigenvalue weighted by Gasteiger charge is 2.12. The van der Waals surface area contributed by atoms with Gasteiger partial charge in [-0.1, -0.05) is 42.8 Å². The third-order valence-corrected chi connectivity index (χ3v) is 5.05. The molecule has 0 radical (unpaired) electrons.